The van der Waals surface area contributed by atoms with Crippen molar-refractivity contribution < 1.29 is 14.1 Å². The lowest BCUT2D eigenvalue weighted by Crippen LogP contribution is -2.64. The molecule has 1 spiro atoms. The molecule has 0 aromatic carbocycles. The van der Waals surface area contributed by atoms with Crippen molar-refractivity contribution in [2.45, 2.75) is 64.6 Å². The molecule has 1 aromatic rings. The van der Waals surface area contributed by atoms with E-state index in [1.54, 1.807) is 0 Å². The number of hydrogen-bond donors (Lipinski definition) is 2. The normalized spacial score (nSPS) is 25.9. The van der Waals surface area contributed by atoms with Gasteiger partial charge < -0.3 is 19.9 Å². The minimum absolute atomic E-state index is 0.133. The van der Waals surface area contributed by atoms with Crippen molar-refractivity contribution in [1.82, 2.24) is 15.8 Å². The van der Waals surface area contributed by atoms with Gasteiger partial charge in [-0.15, -0.1) is 0 Å². The van der Waals surface area contributed by atoms with E-state index in [0.29, 0.717) is 12.6 Å². The number of aromatic nitrogens is 1. The van der Waals surface area contributed by atoms with Gasteiger partial charge in [0, 0.05) is 24.1 Å². The molecule has 6 nitrogen and oxygen atoms in total. The molecule has 2 N–H and O–H groups in total. The number of urea groups is 1. The predicted molar refractivity (Wildman–Crippen MR) is 81.3 cm³/mol. The number of hydrogen-bond acceptors (Lipinski definition) is 4. The first-order chi connectivity index (χ1) is 10.6. The highest BCUT2D eigenvalue weighted by Gasteiger charge is 2.57. The summed E-state index contributed by atoms with van der Waals surface area (Å²) in [6.07, 6.45) is 6.02. The quantitative estimate of drug-likeness (QED) is 0.876. The molecule has 2 saturated carbocycles. The summed E-state index contributed by atoms with van der Waals surface area (Å²) in [5.41, 5.74) is 0.904. The highest BCUT2D eigenvalue weighted by molar-refractivity contribution is 5.74. The van der Waals surface area contributed by atoms with E-state index in [4.69, 9.17) is 9.26 Å². The van der Waals surface area contributed by atoms with Crippen LogP contribution in [-0.4, -0.2) is 29.9 Å². The van der Waals surface area contributed by atoms with Crippen LogP contribution in [0.5, 0.6) is 0 Å². The van der Waals surface area contributed by atoms with Gasteiger partial charge in [-0.05, 0) is 33.1 Å². The van der Waals surface area contributed by atoms with Crippen LogP contribution in [0.25, 0.3) is 0 Å². The van der Waals surface area contributed by atoms with Crippen molar-refractivity contribution >= 4 is 6.03 Å². The Morgan fingerprint density at radius 3 is 2.91 bits per heavy atom. The molecule has 22 heavy (non-hydrogen) atoms. The van der Waals surface area contributed by atoms with Crippen LogP contribution < -0.4 is 10.6 Å². The molecule has 0 radical (unpaired) electrons. The van der Waals surface area contributed by atoms with Crippen LogP contribution in [0, 0.1) is 12.3 Å². The lowest BCUT2D eigenvalue weighted by Gasteiger charge is -2.53. The average molecular weight is 307 g/mol. The van der Waals surface area contributed by atoms with Crippen molar-refractivity contribution in [2.24, 2.45) is 5.41 Å². The van der Waals surface area contributed by atoms with E-state index in [1.165, 1.54) is 12.8 Å². The third-order valence-corrected chi connectivity index (χ3v) is 5.10. The maximum atomic E-state index is 12.1. The molecule has 2 fully saturated rings. The molecule has 0 saturated heterocycles. The van der Waals surface area contributed by atoms with Crippen molar-refractivity contribution in [3.8, 4) is 0 Å². The van der Waals surface area contributed by atoms with Crippen LogP contribution in [0.4, 0.5) is 4.79 Å². The molecular formula is C16H25N3O3. The van der Waals surface area contributed by atoms with E-state index >= 15 is 0 Å². The average Bonchev–Trinajstić information content (AvgIpc) is 3.14. The van der Waals surface area contributed by atoms with Gasteiger partial charge in [0.1, 0.15) is 11.5 Å². The zero-order valence-corrected chi connectivity index (χ0v) is 13.4. The van der Waals surface area contributed by atoms with Gasteiger partial charge in [0.15, 0.2) is 0 Å². The van der Waals surface area contributed by atoms with Crippen molar-refractivity contribution in [2.75, 3.05) is 6.61 Å². The molecule has 2 atom stereocenters. The summed E-state index contributed by atoms with van der Waals surface area (Å²) in [6, 6.07) is 1.92. The fraction of sp³-hybridized carbons (Fsp3) is 0.750. The standard InChI is InChI=1S/C16H25N3O3/c1-3-21-14-9-13(16(14)6-4-5-7-16)18-15(20)17-10-12-8-11(2)22-19-12/h8,13-14H,3-7,9-10H2,1-2H3,(H2,17,18,20)/t13-,14+/m1/s1. The van der Waals surface area contributed by atoms with Crippen LogP contribution in [0.2, 0.25) is 0 Å². The summed E-state index contributed by atoms with van der Waals surface area (Å²) in [5, 5.41) is 9.85. The Labute approximate surface area is 131 Å². The molecular weight excluding hydrogens is 282 g/mol. The Hall–Kier alpha value is -1.56. The van der Waals surface area contributed by atoms with Crippen molar-refractivity contribution in [1.29, 1.82) is 0 Å². The zero-order valence-electron chi connectivity index (χ0n) is 13.4. The summed E-state index contributed by atoms with van der Waals surface area (Å²) in [6.45, 7) is 5.01. The van der Waals surface area contributed by atoms with Gasteiger partial charge >= 0.3 is 6.03 Å². The first-order valence-corrected chi connectivity index (χ1v) is 8.22. The van der Waals surface area contributed by atoms with Crippen molar-refractivity contribution in [3.63, 3.8) is 0 Å². The third-order valence-electron chi connectivity index (χ3n) is 5.10. The fourth-order valence-corrected chi connectivity index (χ4v) is 3.97. The molecule has 2 aliphatic carbocycles. The summed E-state index contributed by atoms with van der Waals surface area (Å²) in [5.74, 6) is 0.751. The van der Waals surface area contributed by atoms with Crippen LogP contribution in [0.1, 0.15) is 50.5 Å². The molecule has 0 aliphatic heterocycles. The largest absolute Gasteiger partial charge is 0.378 e. The van der Waals surface area contributed by atoms with Gasteiger partial charge in [0.25, 0.3) is 0 Å². The number of carbonyl (C=O) groups is 1. The SMILES string of the molecule is CCO[C@H]1C[C@@H](NC(=O)NCc2cc(C)on2)C12CCCC2. The lowest BCUT2D eigenvalue weighted by molar-refractivity contribution is -0.126. The number of nitrogens with one attached hydrogen (secondary N) is 2. The predicted octanol–water partition coefficient (Wildman–Crippen LogP) is 2.52. The first kappa shape index (κ1) is 15.3. The smallest absolute Gasteiger partial charge is 0.315 e. The minimum atomic E-state index is -0.133. The zero-order chi connectivity index (χ0) is 15.6. The second kappa shape index (κ2) is 6.28. The number of ether oxygens (including phenoxy) is 1. The van der Waals surface area contributed by atoms with E-state index in [2.05, 4.69) is 15.8 Å². The Morgan fingerprint density at radius 1 is 1.50 bits per heavy atom. The van der Waals surface area contributed by atoms with Gasteiger partial charge in [-0.3, -0.25) is 0 Å². The van der Waals surface area contributed by atoms with E-state index in [-0.39, 0.29) is 17.5 Å². The van der Waals surface area contributed by atoms with Gasteiger partial charge in [0.2, 0.25) is 0 Å². The maximum Gasteiger partial charge on any atom is 0.315 e. The summed E-state index contributed by atoms with van der Waals surface area (Å²) < 4.78 is 10.9. The van der Waals surface area contributed by atoms with Crippen LogP contribution in [0.15, 0.2) is 10.6 Å². The molecule has 6 heteroatoms. The van der Waals surface area contributed by atoms with E-state index in [0.717, 1.165) is 37.3 Å². The molecule has 2 aliphatic rings. The summed E-state index contributed by atoms with van der Waals surface area (Å²) >= 11 is 0. The van der Waals surface area contributed by atoms with Gasteiger partial charge in [-0.1, -0.05) is 18.0 Å². The number of amides is 2. The van der Waals surface area contributed by atoms with E-state index in [9.17, 15) is 4.79 Å². The molecule has 3 rings (SSSR count). The molecule has 0 bridgehead atoms. The maximum absolute atomic E-state index is 12.1. The van der Waals surface area contributed by atoms with Gasteiger partial charge in [-0.25, -0.2) is 4.79 Å². The van der Waals surface area contributed by atoms with Gasteiger partial charge in [0.05, 0.1) is 12.6 Å². The number of carbonyl (C=O) groups excluding carboxylic acids is 1. The molecule has 0 unspecified atom stereocenters. The number of rotatable bonds is 5. The second-order valence-electron chi connectivity index (χ2n) is 6.43. The highest BCUT2D eigenvalue weighted by atomic mass is 16.5. The van der Waals surface area contributed by atoms with E-state index < -0.39 is 0 Å². The summed E-state index contributed by atoms with van der Waals surface area (Å²) in [7, 11) is 0. The monoisotopic (exact) mass is 307 g/mol. The third kappa shape index (κ3) is 2.84. The molecule has 2 amide bonds. The van der Waals surface area contributed by atoms with Crippen molar-refractivity contribution in [3.05, 3.63) is 17.5 Å². The fourth-order valence-electron chi connectivity index (χ4n) is 3.97. The number of aryl methyl sites for hydroxylation is 1. The highest BCUT2D eigenvalue weighted by Crippen LogP contribution is 2.54. The van der Waals surface area contributed by atoms with E-state index in [1.807, 2.05) is 19.9 Å². The minimum Gasteiger partial charge on any atom is -0.378 e. The van der Waals surface area contributed by atoms with Crippen LogP contribution >= 0.6 is 0 Å². The first-order valence-electron chi connectivity index (χ1n) is 8.22. The number of nitrogens with zero attached hydrogens (tertiary/aromatic N) is 1. The van der Waals surface area contributed by atoms with Crippen LogP contribution in [0.3, 0.4) is 0 Å². The molecule has 122 valence electrons. The lowest BCUT2D eigenvalue weighted by atomic mass is 9.60. The Morgan fingerprint density at radius 2 is 2.27 bits per heavy atom. The van der Waals surface area contributed by atoms with Gasteiger partial charge in [-0.2, -0.15) is 0 Å². The Kier molecular flexibility index (Phi) is 4.38. The topological polar surface area (TPSA) is 76.4 Å². The Balaban J connectivity index is 1.51. The molecule has 1 heterocycles. The summed E-state index contributed by atoms with van der Waals surface area (Å²) in [4.78, 5) is 12.1. The molecule has 1 aromatic heterocycles. The second-order valence-corrected chi connectivity index (χ2v) is 6.43. The van der Waals surface area contributed by atoms with Crippen LogP contribution in [-0.2, 0) is 11.3 Å². The Bertz CT molecular complexity index is 522.